The van der Waals surface area contributed by atoms with E-state index in [2.05, 4.69) is 10.3 Å². The molecule has 1 aliphatic heterocycles. The molecule has 0 aliphatic carbocycles. The lowest BCUT2D eigenvalue weighted by atomic mass is 10.1. The number of anilines is 2. The number of carbonyl (C=O) groups excluding carboxylic acids is 2. The molecule has 12 heteroatoms. The van der Waals surface area contributed by atoms with Gasteiger partial charge < -0.3 is 26.4 Å². The highest BCUT2D eigenvalue weighted by Crippen LogP contribution is 2.40. The fraction of sp³-hybridized carbons (Fsp3) is 0.391. The molecule has 3 aromatic rings. The maximum absolute atomic E-state index is 12.4. The number of fused-ring (bicyclic) bond motifs is 1. The van der Waals surface area contributed by atoms with E-state index >= 15 is 0 Å². The third kappa shape index (κ3) is 5.55. The normalized spacial score (nSPS) is 14.8. The van der Waals surface area contributed by atoms with Crippen molar-refractivity contribution in [1.82, 2.24) is 14.9 Å². The van der Waals surface area contributed by atoms with Gasteiger partial charge in [-0.1, -0.05) is 29.3 Å². The molecule has 1 saturated heterocycles. The number of amides is 2. The molecule has 0 spiro atoms. The average Bonchev–Trinajstić information content (AvgIpc) is 3.11. The zero-order valence-corrected chi connectivity index (χ0v) is 21.9. The molecule has 3 heterocycles. The summed E-state index contributed by atoms with van der Waals surface area (Å²) in [7, 11) is 0. The number of hydrogen-bond donors (Lipinski definition) is 3. The van der Waals surface area contributed by atoms with Crippen LogP contribution in [0.3, 0.4) is 0 Å². The van der Waals surface area contributed by atoms with Gasteiger partial charge in [0.15, 0.2) is 0 Å². The van der Waals surface area contributed by atoms with Crippen molar-refractivity contribution < 1.29 is 14.3 Å². The van der Waals surface area contributed by atoms with Gasteiger partial charge in [-0.25, -0.2) is 14.8 Å². The number of piperidine rings is 1. The summed E-state index contributed by atoms with van der Waals surface area (Å²) in [6.45, 7) is 6.63. The molecule has 0 radical (unpaired) electrons. The minimum atomic E-state index is -0.630. The van der Waals surface area contributed by atoms with Crippen LogP contribution in [0, 0.1) is 0 Å². The van der Waals surface area contributed by atoms with E-state index in [-0.39, 0.29) is 22.7 Å². The number of nitrogens with zero attached hydrogens (tertiary/aromatic N) is 3. The largest absolute Gasteiger partial charge is 0.444 e. The van der Waals surface area contributed by atoms with Gasteiger partial charge in [0.1, 0.15) is 15.3 Å². The lowest BCUT2D eigenvalue weighted by Crippen LogP contribution is -2.44. The van der Waals surface area contributed by atoms with E-state index in [1.54, 1.807) is 23.1 Å². The fourth-order valence-corrected chi connectivity index (χ4v) is 5.08. The molecular formula is C23H26Cl2N6O3S. The fourth-order valence-electron chi connectivity index (χ4n) is 3.84. The summed E-state index contributed by atoms with van der Waals surface area (Å²) in [6, 6.07) is 5.18. The van der Waals surface area contributed by atoms with Crippen LogP contribution in [0.2, 0.25) is 10.0 Å². The molecule has 1 fully saturated rings. The molecule has 0 bridgehead atoms. The van der Waals surface area contributed by atoms with E-state index in [0.29, 0.717) is 63.4 Å². The number of primary amides is 1. The summed E-state index contributed by atoms with van der Waals surface area (Å²) in [5.41, 5.74) is 12.7. The van der Waals surface area contributed by atoms with Gasteiger partial charge in [0.05, 0.1) is 26.8 Å². The zero-order valence-electron chi connectivity index (χ0n) is 19.5. The summed E-state index contributed by atoms with van der Waals surface area (Å²) < 4.78 is 5.47. The maximum Gasteiger partial charge on any atom is 0.410 e. The molecule has 5 N–H and O–H groups in total. The number of nitrogens with one attached hydrogen (secondary N) is 1. The third-order valence-electron chi connectivity index (χ3n) is 5.49. The quantitative estimate of drug-likeness (QED) is 0.418. The SMILES string of the molecule is CC(C)(C)OC(=O)N1CCC(Nc2nc(-c3ccc(Cl)c(Cl)c3)c3c(N)c(C(N)=O)sc3n2)CC1. The number of likely N-dealkylation sites (tertiary alicyclic amines) is 1. The predicted octanol–water partition coefficient (Wildman–Crippen LogP) is 5.16. The highest BCUT2D eigenvalue weighted by Gasteiger charge is 2.28. The topological polar surface area (TPSA) is 136 Å². The predicted molar refractivity (Wildman–Crippen MR) is 140 cm³/mol. The number of ether oxygens (including phenoxy) is 1. The van der Waals surface area contributed by atoms with Gasteiger partial charge in [-0.3, -0.25) is 4.79 Å². The molecule has 0 saturated carbocycles. The van der Waals surface area contributed by atoms with Crippen LogP contribution < -0.4 is 16.8 Å². The van der Waals surface area contributed by atoms with Crippen LogP contribution in [0.4, 0.5) is 16.4 Å². The first-order valence-electron chi connectivity index (χ1n) is 11.0. The number of carbonyl (C=O) groups is 2. The maximum atomic E-state index is 12.4. The number of hydrogen-bond acceptors (Lipinski definition) is 8. The Bertz CT molecular complexity index is 1300. The molecule has 186 valence electrons. The van der Waals surface area contributed by atoms with Crippen LogP contribution >= 0.6 is 34.5 Å². The van der Waals surface area contributed by atoms with Crippen LogP contribution in [-0.4, -0.2) is 51.6 Å². The lowest BCUT2D eigenvalue weighted by molar-refractivity contribution is 0.0210. The van der Waals surface area contributed by atoms with Crippen LogP contribution in [0.25, 0.3) is 21.5 Å². The van der Waals surface area contributed by atoms with E-state index in [1.165, 1.54) is 0 Å². The highest BCUT2D eigenvalue weighted by molar-refractivity contribution is 7.21. The molecule has 1 aliphatic rings. The highest BCUT2D eigenvalue weighted by atomic mass is 35.5. The number of benzene rings is 1. The second kappa shape index (κ2) is 9.67. The summed E-state index contributed by atoms with van der Waals surface area (Å²) in [5.74, 6) is -0.249. The van der Waals surface area contributed by atoms with Crippen molar-refractivity contribution in [3.63, 3.8) is 0 Å². The Morgan fingerprint density at radius 2 is 1.86 bits per heavy atom. The summed E-state index contributed by atoms with van der Waals surface area (Å²) >= 11 is 13.5. The second-order valence-electron chi connectivity index (χ2n) is 9.30. The Labute approximate surface area is 216 Å². The standard InChI is InChI=1S/C23H26Cl2N6O3S/c1-23(2,3)34-22(33)31-8-6-12(7-9-31)28-21-29-17(11-4-5-13(24)14(25)10-11)15-16(26)18(19(27)32)35-20(15)30-21/h4-5,10,12H,6-9,26H2,1-3H3,(H2,27,32)(H,28,29,30). The Morgan fingerprint density at radius 3 is 2.46 bits per heavy atom. The number of nitrogens with two attached hydrogens (primary N) is 2. The Hall–Kier alpha value is -2.82. The monoisotopic (exact) mass is 536 g/mol. The molecular weight excluding hydrogens is 511 g/mol. The Morgan fingerprint density at radius 1 is 1.17 bits per heavy atom. The summed E-state index contributed by atoms with van der Waals surface area (Å²) in [6.07, 6.45) is 1.08. The van der Waals surface area contributed by atoms with Gasteiger partial charge in [0.25, 0.3) is 5.91 Å². The second-order valence-corrected chi connectivity index (χ2v) is 11.1. The first kappa shape index (κ1) is 25.3. The zero-order chi connectivity index (χ0) is 25.5. The van der Waals surface area contributed by atoms with E-state index in [0.717, 1.165) is 11.3 Å². The first-order chi connectivity index (χ1) is 16.4. The van der Waals surface area contributed by atoms with Crippen LogP contribution in [0.15, 0.2) is 18.2 Å². The molecule has 1 aromatic carbocycles. The molecule has 2 aromatic heterocycles. The van der Waals surface area contributed by atoms with Crippen molar-refractivity contribution in [2.24, 2.45) is 5.73 Å². The number of rotatable bonds is 4. The smallest absolute Gasteiger partial charge is 0.410 e. The van der Waals surface area contributed by atoms with E-state index < -0.39 is 11.5 Å². The van der Waals surface area contributed by atoms with E-state index in [9.17, 15) is 9.59 Å². The average molecular weight is 537 g/mol. The van der Waals surface area contributed by atoms with Crippen LogP contribution in [-0.2, 0) is 4.74 Å². The molecule has 0 atom stereocenters. The molecule has 9 nitrogen and oxygen atoms in total. The molecule has 35 heavy (non-hydrogen) atoms. The number of thiophene rings is 1. The van der Waals surface area contributed by atoms with Gasteiger partial charge in [0, 0.05) is 24.7 Å². The van der Waals surface area contributed by atoms with Gasteiger partial charge >= 0.3 is 6.09 Å². The minimum absolute atomic E-state index is 0.0423. The van der Waals surface area contributed by atoms with E-state index in [1.807, 2.05) is 20.8 Å². The van der Waals surface area contributed by atoms with Crippen LogP contribution in [0.1, 0.15) is 43.3 Å². The Kier molecular flexibility index (Phi) is 6.99. The van der Waals surface area contributed by atoms with Crippen molar-refractivity contribution in [3.05, 3.63) is 33.1 Å². The van der Waals surface area contributed by atoms with Crippen molar-refractivity contribution in [2.45, 2.75) is 45.3 Å². The van der Waals surface area contributed by atoms with Gasteiger partial charge in [-0.2, -0.15) is 0 Å². The van der Waals surface area contributed by atoms with Crippen molar-refractivity contribution in [3.8, 4) is 11.3 Å². The summed E-state index contributed by atoms with van der Waals surface area (Å²) in [5, 5.41) is 4.67. The number of aromatic nitrogens is 2. The number of halogens is 2. The van der Waals surface area contributed by atoms with Crippen LogP contribution in [0.5, 0.6) is 0 Å². The van der Waals surface area contributed by atoms with Gasteiger partial charge in [-0.05, 0) is 45.7 Å². The van der Waals surface area contributed by atoms with E-state index in [4.69, 9.17) is 44.4 Å². The molecule has 4 rings (SSSR count). The van der Waals surface area contributed by atoms with Crippen molar-refractivity contribution in [1.29, 1.82) is 0 Å². The Balaban J connectivity index is 1.62. The molecule has 0 unspecified atom stereocenters. The summed E-state index contributed by atoms with van der Waals surface area (Å²) in [4.78, 5) is 36.1. The number of nitrogen functional groups attached to an aromatic ring is 1. The van der Waals surface area contributed by atoms with Crippen molar-refractivity contribution >= 4 is 68.4 Å². The van der Waals surface area contributed by atoms with Crippen molar-refractivity contribution in [2.75, 3.05) is 24.1 Å². The van der Waals surface area contributed by atoms with Gasteiger partial charge in [-0.15, -0.1) is 11.3 Å². The van der Waals surface area contributed by atoms with Gasteiger partial charge in [0.2, 0.25) is 5.95 Å². The third-order valence-corrected chi connectivity index (χ3v) is 7.34. The lowest BCUT2D eigenvalue weighted by Gasteiger charge is -2.33. The molecule has 2 amide bonds. The minimum Gasteiger partial charge on any atom is -0.444 e. The first-order valence-corrected chi connectivity index (χ1v) is 12.6.